The maximum atomic E-state index is 5.75. The summed E-state index contributed by atoms with van der Waals surface area (Å²) in [7, 11) is 0. The third-order valence-electron chi connectivity index (χ3n) is 4.00. The van der Waals surface area contributed by atoms with E-state index < -0.39 is 0 Å². The minimum absolute atomic E-state index is 0.272. The molecule has 1 heterocycles. The first kappa shape index (κ1) is 13.5. The summed E-state index contributed by atoms with van der Waals surface area (Å²) in [6, 6.07) is 4.58. The van der Waals surface area contributed by atoms with Crippen molar-refractivity contribution in [1.82, 2.24) is 10.4 Å². The molecule has 3 N–H and O–H groups in total. The average Bonchev–Trinajstić information content (AvgIpc) is 2.36. The Bertz CT molecular complexity index is 363. The molecule has 1 unspecified atom stereocenters. The van der Waals surface area contributed by atoms with Crippen molar-refractivity contribution < 1.29 is 0 Å². The number of pyridine rings is 1. The van der Waals surface area contributed by atoms with Crippen LogP contribution in [0.2, 0.25) is 0 Å². The van der Waals surface area contributed by atoms with Crippen molar-refractivity contribution in [2.75, 3.05) is 0 Å². The van der Waals surface area contributed by atoms with Crippen LogP contribution in [0.4, 0.5) is 0 Å². The molecule has 18 heavy (non-hydrogen) atoms. The number of nitrogens with zero attached hydrogens (tertiary/aromatic N) is 1. The summed E-state index contributed by atoms with van der Waals surface area (Å²) >= 11 is 0. The van der Waals surface area contributed by atoms with Gasteiger partial charge in [0.15, 0.2) is 0 Å². The molecule has 100 valence electrons. The van der Waals surface area contributed by atoms with Gasteiger partial charge in [-0.1, -0.05) is 32.1 Å². The molecule has 0 radical (unpaired) electrons. The van der Waals surface area contributed by atoms with Crippen LogP contribution in [-0.4, -0.2) is 4.98 Å². The van der Waals surface area contributed by atoms with Gasteiger partial charge in [0, 0.05) is 17.4 Å². The van der Waals surface area contributed by atoms with Crippen molar-refractivity contribution in [3.63, 3.8) is 0 Å². The zero-order valence-corrected chi connectivity index (χ0v) is 11.6. The lowest BCUT2D eigenvalue weighted by molar-refractivity contribution is 0.301. The molecular weight excluding hydrogens is 222 g/mol. The quantitative estimate of drug-likeness (QED) is 0.634. The first-order valence-corrected chi connectivity index (χ1v) is 7.10. The summed E-state index contributed by atoms with van der Waals surface area (Å²) in [5, 5.41) is 0. The Labute approximate surface area is 110 Å². The summed E-state index contributed by atoms with van der Waals surface area (Å²) < 4.78 is 0. The number of aromatic nitrogens is 1. The van der Waals surface area contributed by atoms with Gasteiger partial charge in [-0.2, -0.15) is 0 Å². The zero-order valence-electron chi connectivity index (χ0n) is 11.6. The van der Waals surface area contributed by atoms with Crippen LogP contribution in [0.25, 0.3) is 0 Å². The number of rotatable bonds is 4. The fourth-order valence-corrected chi connectivity index (χ4v) is 3.12. The van der Waals surface area contributed by atoms with Gasteiger partial charge in [0.2, 0.25) is 0 Å². The average molecular weight is 247 g/mol. The largest absolute Gasteiger partial charge is 0.271 e. The van der Waals surface area contributed by atoms with E-state index in [1.54, 1.807) is 0 Å². The Hall–Kier alpha value is -0.930. The fourth-order valence-electron chi connectivity index (χ4n) is 3.12. The first-order chi connectivity index (χ1) is 8.69. The highest BCUT2D eigenvalue weighted by Crippen LogP contribution is 2.31. The second-order valence-corrected chi connectivity index (χ2v) is 5.64. The summed E-state index contributed by atoms with van der Waals surface area (Å²) in [5.41, 5.74) is 6.43. The van der Waals surface area contributed by atoms with Crippen LogP contribution in [0, 0.1) is 19.8 Å². The van der Waals surface area contributed by atoms with Crippen LogP contribution in [-0.2, 0) is 0 Å². The maximum Gasteiger partial charge on any atom is 0.0463 e. The number of nitrogens with two attached hydrogens (primary N) is 1. The molecule has 0 bridgehead atoms. The molecule has 0 aromatic carbocycles. The molecule has 0 amide bonds. The standard InChI is InChI=1S/C15H25N3/c1-11-8-14(9-12(2)17-11)15(18-16)10-13-6-4-3-5-7-13/h8-9,13,15,18H,3-7,10,16H2,1-2H3. The smallest absolute Gasteiger partial charge is 0.0463 e. The van der Waals surface area contributed by atoms with Gasteiger partial charge in [-0.15, -0.1) is 0 Å². The predicted octanol–water partition coefficient (Wildman–Crippen LogP) is 3.17. The number of hydrogen-bond donors (Lipinski definition) is 2. The van der Waals surface area contributed by atoms with E-state index in [-0.39, 0.29) is 6.04 Å². The van der Waals surface area contributed by atoms with Crippen molar-refractivity contribution >= 4 is 0 Å². The number of aryl methyl sites for hydroxylation is 2. The van der Waals surface area contributed by atoms with Gasteiger partial charge in [0.25, 0.3) is 0 Å². The summed E-state index contributed by atoms with van der Waals surface area (Å²) in [6.07, 6.45) is 8.05. The Balaban J connectivity index is 2.06. The molecule has 1 aromatic rings. The molecule has 0 aliphatic heterocycles. The van der Waals surface area contributed by atoms with Crippen LogP contribution < -0.4 is 11.3 Å². The van der Waals surface area contributed by atoms with Crippen LogP contribution in [0.3, 0.4) is 0 Å². The minimum Gasteiger partial charge on any atom is -0.271 e. The maximum absolute atomic E-state index is 5.75. The van der Waals surface area contributed by atoms with Gasteiger partial charge >= 0.3 is 0 Å². The van der Waals surface area contributed by atoms with Crippen LogP contribution >= 0.6 is 0 Å². The molecule has 3 nitrogen and oxygen atoms in total. The number of hydrazine groups is 1. The van der Waals surface area contributed by atoms with Crippen LogP contribution in [0.1, 0.15) is 61.5 Å². The molecule has 1 fully saturated rings. The second kappa shape index (κ2) is 6.30. The summed E-state index contributed by atoms with van der Waals surface area (Å²) in [4.78, 5) is 4.43. The first-order valence-electron chi connectivity index (χ1n) is 7.10. The summed E-state index contributed by atoms with van der Waals surface area (Å²) in [6.45, 7) is 4.09. The topological polar surface area (TPSA) is 50.9 Å². The van der Waals surface area contributed by atoms with Gasteiger partial charge in [-0.05, 0) is 43.9 Å². The Kier molecular flexibility index (Phi) is 4.72. The lowest BCUT2D eigenvalue weighted by atomic mass is 9.83. The third-order valence-corrected chi connectivity index (χ3v) is 4.00. The molecule has 2 rings (SSSR count). The Morgan fingerprint density at radius 1 is 1.22 bits per heavy atom. The molecule has 1 atom stereocenters. The molecule has 1 saturated carbocycles. The normalized spacial score (nSPS) is 18.8. The molecule has 0 saturated heterocycles. The van der Waals surface area contributed by atoms with Crippen molar-refractivity contribution in [3.8, 4) is 0 Å². The minimum atomic E-state index is 0.272. The van der Waals surface area contributed by atoms with Crippen LogP contribution in [0.15, 0.2) is 12.1 Å². The van der Waals surface area contributed by atoms with E-state index in [1.165, 1.54) is 37.7 Å². The van der Waals surface area contributed by atoms with Gasteiger partial charge < -0.3 is 0 Å². The molecule has 0 spiro atoms. The van der Waals surface area contributed by atoms with Gasteiger partial charge in [-0.3, -0.25) is 16.3 Å². The molecule has 1 aromatic heterocycles. The van der Waals surface area contributed by atoms with Gasteiger partial charge in [-0.25, -0.2) is 0 Å². The SMILES string of the molecule is Cc1cc(C(CC2CCCCC2)NN)cc(C)n1. The number of nitrogens with one attached hydrogen (secondary N) is 1. The highest BCUT2D eigenvalue weighted by molar-refractivity contribution is 5.23. The zero-order chi connectivity index (χ0) is 13.0. The summed E-state index contributed by atoms with van der Waals surface area (Å²) in [5.74, 6) is 6.58. The van der Waals surface area contributed by atoms with E-state index in [2.05, 4.69) is 22.5 Å². The van der Waals surface area contributed by atoms with Gasteiger partial charge in [0.1, 0.15) is 0 Å². The lowest BCUT2D eigenvalue weighted by Crippen LogP contribution is -2.30. The lowest BCUT2D eigenvalue weighted by Gasteiger charge is -2.26. The monoisotopic (exact) mass is 247 g/mol. The molecular formula is C15H25N3. The Morgan fingerprint density at radius 3 is 2.39 bits per heavy atom. The van der Waals surface area contributed by atoms with E-state index in [0.717, 1.165) is 23.7 Å². The molecule has 1 aliphatic carbocycles. The van der Waals surface area contributed by atoms with E-state index >= 15 is 0 Å². The van der Waals surface area contributed by atoms with Crippen molar-refractivity contribution in [2.45, 2.75) is 58.4 Å². The van der Waals surface area contributed by atoms with Crippen molar-refractivity contribution in [1.29, 1.82) is 0 Å². The molecule has 1 aliphatic rings. The van der Waals surface area contributed by atoms with E-state index in [4.69, 9.17) is 5.84 Å². The number of hydrogen-bond acceptors (Lipinski definition) is 3. The van der Waals surface area contributed by atoms with Gasteiger partial charge in [0.05, 0.1) is 0 Å². The van der Waals surface area contributed by atoms with Crippen molar-refractivity contribution in [2.24, 2.45) is 11.8 Å². The third kappa shape index (κ3) is 3.53. The fraction of sp³-hybridized carbons (Fsp3) is 0.667. The highest BCUT2D eigenvalue weighted by Gasteiger charge is 2.19. The van der Waals surface area contributed by atoms with Crippen molar-refractivity contribution in [3.05, 3.63) is 29.1 Å². The predicted molar refractivity (Wildman–Crippen MR) is 75.0 cm³/mol. The van der Waals surface area contributed by atoms with E-state index in [0.29, 0.717) is 0 Å². The second-order valence-electron chi connectivity index (χ2n) is 5.64. The van der Waals surface area contributed by atoms with E-state index in [1.807, 2.05) is 13.8 Å². The Morgan fingerprint density at radius 2 is 1.83 bits per heavy atom. The molecule has 3 heteroatoms. The highest BCUT2D eigenvalue weighted by atomic mass is 15.2. The van der Waals surface area contributed by atoms with E-state index in [9.17, 15) is 0 Å². The van der Waals surface area contributed by atoms with Crippen LogP contribution in [0.5, 0.6) is 0 Å².